The van der Waals surface area contributed by atoms with E-state index in [9.17, 15) is 0 Å². The number of nitrogens with one attached hydrogen (secondary N) is 1. The van der Waals surface area contributed by atoms with Crippen molar-refractivity contribution in [3.63, 3.8) is 0 Å². The van der Waals surface area contributed by atoms with Crippen molar-refractivity contribution < 1.29 is 0 Å². The first-order chi connectivity index (χ1) is 5.25. The predicted molar refractivity (Wildman–Crippen MR) is 52.0 cm³/mol. The Morgan fingerprint density at radius 3 is 3.36 bits per heavy atom. The Morgan fingerprint density at radius 1 is 1.73 bits per heavy atom. The Labute approximate surface area is 78.9 Å². The summed E-state index contributed by atoms with van der Waals surface area (Å²) in [7, 11) is 0. The number of hydrogen-bond acceptors (Lipinski definition) is 2. The summed E-state index contributed by atoms with van der Waals surface area (Å²) in [5, 5.41) is 3.44. The lowest BCUT2D eigenvalue weighted by atomic mass is 10.1. The summed E-state index contributed by atoms with van der Waals surface area (Å²) in [5.74, 6) is 0. The summed E-state index contributed by atoms with van der Waals surface area (Å²) >= 11 is 5.37. The highest BCUT2D eigenvalue weighted by Gasteiger charge is 2.16. The van der Waals surface area contributed by atoms with Crippen LogP contribution in [0.25, 0.3) is 0 Å². The van der Waals surface area contributed by atoms with Gasteiger partial charge in [-0.15, -0.1) is 11.3 Å². The van der Waals surface area contributed by atoms with Crippen LogP contribution in [0.5, 0.6) is 0 Å². The maximum absolute atomic E-state index is 3.50. The fourth-order valence-electron chi connectivity index (χ4n) is 1.39. The average molecular weight is 232 g/mol. The van der Waals surface area contributed by atoms with E-state index in [0.717, 1.165) is 6.54 Å². The Kier molecular flexibility index (Phi) is 2.04. The van der Waals surface area contributed by atoms with Crippen LogP contribution in [0.15, 0.2) is 9.85 Å². The number of thiophene rings is 1. The molecule has 1 unspecified atom stereocenters. The second-order valence-electron chi connectivity index (χ2n) is 2.98. The van der Waals surface area contributed by atoms with Crippen molar-refractivity contribution in [1.29, 1.82) is 0 Å². The quantitative estimate of drug-likeness (QED) is 0.724. The van der Waals surface area contributed by atoms with E-state index in [2.05, 4.69) is 34.2 Å². The third-order valence-corrected chi connectivity index (χ3v) is 3.70. The van der Waals surface area contributed by atoms with Crippen molar-refractivity contribution in [2.45, 2.75) is 25.9 Å². The maximum atomic E-state index is 3.50. The van der Waals surface area contributed by atoms with Gasteiger partial charge in [0.25, 0.3) is 0 Å². The van der Waals surface area contributed by atoms with Crippen LogP contribution >= 0.6 is 27.3 Å². The van der Waals surface area contributed by atoms with Gasteiger partial charge < -0.3 is 5.32 Å². The van der Waals surface area contributed by atoms with Gasteiger partial charge >= 0.3 is 0 Å². The Balaban J connectivity index is 2.34. The van der Waals surface area contributed by atoms with E-state index in [1.54, 1.807) is 4.88 Å². The molecule has 1 N–H and O–H groups in total. The van der Waals surface area contributed by atoms with Gasteiger partial charge in [0, 0.05) is 17.5 Å². The van der Waals surface area contributed by atoms with E-state index in [4.69, 9.17) is 0 Å². The summed E-state index contributed by atoms with van der Waals surface area (Å²) in [4.78, 5) is 1.54. The lowest BCUT2D eigenvalue weighted by Crippen LogP contribution is -2.31. The maximum Gasteiger partial charge on any atom is 0.0704 e. The zero-order chi connectivity index (χ0) is 7.84. The molecule has 2 rings (SSSR count). The summed E-state index contributed by atoms with van der Waals surface area (Å²) < 4.78 is 1.26. The van der Waals surface area contributed by atoms with Crippen LogP contribution in [0.4, 0.5) is 0 Å². The molecule has 0 spiro atoms. The van der Waals surface area contributed by atoms with E-state index in [-0.39, 0.29) is 0 Å². The van der Waals surface area contributed by atoms with Gasteiger partial charge in [-0.25, -0.2) is 0 Å². The SMILES string of the molecule is CC1Cc2sc(Br)cc2CN1. The number of hydrogen-bond donors (Lipinski definition) is 1. The predicted octanol–water partition coefficient (Wildman–Crippen LogP) is 2.54. The first kappa shape index (κ1) is 7.77. The minimum atomic E-state index is 0.646. The molecule has 60 valence electrons. The number of rotatable bonds is 0. The smallest absolute Gasteiger partial charge is 0.0704 e. The molecule has 1 aliphatic rings. The molecule has 1 atom stereocenters. The minimum absolute atomic E-state index is 0.646. The van der Waals surface area contributed by atoms with E-state index in [1.807, 2.05) is 11.3 Å². The molecule has 0 saturated carbocycles. The second kappa shape index (κ2) is 2.88. The molecule has 1 aromatic heterocycles. The van der Waals surface area contributed by atoms with Crippen LogP contribution in [0.3, 0.4) is 0 Å². The van der Waals surface area contributed by atoms with Gasteiger partial charge in [-0.1, -0.05) is 0 Å². The molecular formula is C8H10BrNS. The first-order valence-corrected chi connectivity index (χ1v) is 5.37. The van der Waals surface area contributed by atoms with Gasteiger partial charge in [-0.2, -0.15) is 0 Å². The first-order valence-electron chi connectivity index (χ1n) is 3.76. The van der Waals surface area contributed by atoms with Crippen LogP contribution in [-0.4, -0.2) is 6.04 Å². The molecule has 0 radical (unpaired) electrons. The van der Waals surface area contributed by atoms with E-state index in [1.165, 1.54) is 15.8 Å². The molecule has 0 aliphatic carbocycles. The highest BCUT2D eigenvalue weighted by Crippen LogP contribution is 2.30. The molecule has 2 heterocycles. The van der Waals surface area contributed by atoms with E-state index >= 15 is 0 Å². The Morgan fingerprint density at radius 2 is 2.55 bits per heavy atom. The highest BCUT2D eigenvalue weighted by molar-refractivity contribution is 9.11. The van der Waals surface area contributed by atoms with Crippen molar-refractivity contribution in [3.8, 4) is 0 Å². The fraction of sp³-hybridized carbons (Fsp3) is 0.500. The molecule has 3 heteroatoms. The standard InChI is InChI=1S/C8H10BrNS/c1-5-2-7-6(4-10-5)3-8(9)11-7/h3,5,10H,2,4H2,1H3. The molecule has 0 fully saturated rings. The normalized spacial score (nSPS) is 23.3. The molecular weight excluding hydrogens is 222 g/mol. The summed E-state index contributed by atoms with van der Waals surface area (Å²) in [6, 6.07) is 2.87. The van der Waals surface area contributed by atoms with Crippen molar-refractivity contribution >= 4 is 27.3 Å². The summed E-state index contributed by atoms with van der Waals surface area (Å²) in [6.45, 7) is 3.27. The molecule has 1 aromatic rings. The molecule has 1 nitrogen and oxygen atoms in total. The number of fused-ring (bicyclic) bond motifs is 1. The van der Waals surface area contributed by atoms with Crippen molar-refractivity contribution in [1.82, 2.24) is 5.32 Å². The van der Waals surface area contributed by atoms with Crippen LogP contribution in [-0.2, 0) is 13.0 Å². The molecule has 0 bridgehead atoms. The molecule has 0 aromatic carbocycles. The molecule has 0 amide bonds. The molecule has 11 heavy (non-hydrogen) atoms. The van der Waals surface area contributed by atoms with Crippen molar-refractivity contribution in [2.75, 3.05) is 0 Å². The summed E-state index contributed by atoms with van der Waals surface area (Å²) in [5.41, 5.74) is 1.47. The Bertz CT molecular complexity index is 269. The van der Waals surface area contributed by atoms with Gasteiger partial charge in [0.1, 0.15) is 0 Å². The lowest BCUT2D eigenvalue weighted by molar-refractivity contribution is 0.520. The van der Waals surface area contributed by atoms with Crippen LogP contribution in [0.1, 0.15) is 17.4 Å². The highest BCUT2D eigenvalue weighted by atomic mass is 79.9. The van der Waals surface area contributed by atoms with E-state index < -0.39 is 0 Å². The third-order valence-electron chi connectivity index (χ3n) is 2.00. The van der Waals surface area contributed by atoms with E-state index in [0.29, 0.717) is 6.04 Å². The zero-order valence-electron chi connectivity index (χ0n) is 6.36. The lowest BCUT2D eigenvalue weighted by Gasteiger charge is -2.19. The minimum Gasteiger partial charge on any atom is -0.310 e. The zero-order valence-corrected chi connectivity index (χ0v) is 8.76. The number of halogens is 1. The molecule has 1 aliphatic heterocycles. The monoisotopic (exact) mass is 231 g/mol. The fourth-order valence-corrected chi connectivity index (χ4v) is 3.28. The van der Waals surface area contributed by atoms with Gasteiger partial charge in [0.15, 0.2) is 0 Å². The third kappa shape index (κ3) is 1.50. The Hall–Kier alpha value is 0.140. The van der Waals surface area contributed by atoms with Gasteiger partial charge in [0.05, 0.1) is 3.79 Å². The second-order valence-corrected chi connectivity index (χ2v) is 5.50. The van der Waals surface area contributed by atoms with Crippen LogP contribution in [0.2, 0.25) is 0 Å². The van der Waals surface area contributed by atoms with Crippen molar-refractivity contribution in [3.05, 3.63) is 20.3 Å². The van der Waals surface area contributed by atoms with Gasteiger partial charge in [0.2, 0.25) is 0 Å². The topological polar surface area (TPSA) is 12.0 Å². The average Bonchev–Trinajstić information content (AvgIpc) is 2.27. The van der Waals surface area contributed by atoms with Gasteiger partial charge in [-0.05, 0) is 40.9 Å². The van der Waals surface area contributed by atoms with Gasteiger partial charge in [-0.3, -0.25) is 0 Å². The summed E-state index contributed by atoms with van der Waals surface area (Å²) in [6.07, 6.45) is 1.19. The van der Waals surface area contributed by atoms with Crippen LogP contribution in [0, 0.1) is 0 Å². The molecule has 0 saturated heterocycles. The van der Waals surface area contributed by atoms with Crippen LogP contribution < -0.4 is 5.32 Å². The largest absolute Gasteiger partial charge is 0.310 e. The van der Waals surface area contributed by atoms with Crippen molar-refractivity contribution in [2.24, 2.45) is 0 Å².